The minimum absolute atomic E-state index is 0.740. The maximum Gasteiger partial charge on any atom is 0.125 e. The van der Waals surface area contributed by atoms with Crippen molar-refractivity contribution in [2.24, 2.45) is 0 Å². The van der Waals surface area contributed by atoms with Crippen LogP contribution < -0.4 is 4.74 Å². The maximum atomic E-state index is 11.5. The second kappa shape index (κ2) is 5.19. The van der Waals surface area contributed by atoms with Gasteiger partial charge in [-0.05, 0) is 61.4 Å². The summed E-state index contributed by atoms with van der Waals surface area (Å²) in [4.78, 5) is 0. The molecule has 1 atom stereocenters. The lowest BCUT2D eigenvalue weighted by Crippen LogP contribution is -2.33. The molecule has 1 aliphatic carbocycles. The van der Waals surface area contributed by atoms with E-state index in [2.05, 4.69) is 26.0 Å². The fraction of sp³-hybridized carbons (Fsp3) is 0.368. The van der Waals surface area contributed by atoms with Gasteiger partial charge in [0.2, 0.25) is 0 Å². The van der Waals surface area contributed by atoms with E-state index < -0.39 is 5.60 Å². The highest BCUT2D eigenvalue weighted by atomic mass is 16.5. The van der Waals surface area contributed by atoms with E-state index in [0.29, 0.717) is 0 Å². The highest BCUT2D eigenvalue weighted by Gasteiger charge is 2.39. The van der Waals surface area contributed by atoms with E-state index in [1.807, 2.05) is 24.3 Å². The summed E-state index contributed by atoms with van der Waals surface area (Å²) in [5, 5.41) is 11.5. The molecular formula is C19H22O2. The lowest BCUT2D eigenvalue weighted by Gasteiger charge is -2.37. The van der Waals surface area contributed by atoms with Crippen LogP contribution in [0.1, 0.15) is 40.7 Å². The van der Waals surface area contributed by atoms with Gasteiger partial charge in [-0.15, -0.1) is 0 Å². The molecule has 0 radical (unpaired) electrons. The number of rotatable bonds is 2. The molecule has 2 nitrogen and oxygen atoms in total. The first-order valence-electron chi connectivity index (χ1n) is 7.53. The van der Waals surface area contributed by atoms with Gasteiger partial charge in [0.15, 0.2) is 0 Å². The van der Waals surface area contributed by atoms with Gasteiger partial charge in [-0.1, -0.05) is 30.3 Å². The molecule has 0 saturated heterocycles. The van der Waals surface area contributed by atoms with E-state index in [4.69, 9.17) is 4.74 Å². The molecule has 2 heteroatoms. The molecule has 0 amide bonds. The van der Waals surface area contributed by atoms with Crippen molar-refractivity contribution in [3.05, 3.63) is 64.2 Å². The van der Waals surface area contributed by atoms with Crippen LogP contribution in [0, 0.1) is 13.8 Å². The van der Waals surface area contributed by atoms with Gasteiger partial charge in [0.1, 0.15) is 11.4 Å². The van der Waals surface area contributed by atoms with Crippen molar-refractivity contribution < 1.29 is 9.84 Å². The zero-order chi connectivity index (χ0) is 15.0. The normalized spacial score (nSPS) is 21.0. The highest BCUT2D eigenvalue weighted by molar-refractivity contribution is 5.53. The van der Waals surface area contributed by atoms with Crippen molar-refractivity contribution >= 4 is 0 Å². The number of hydrogen-bond acceptors (Lipinski definition) is 2. The van der Waals surface area contributed by atoms with Crippen LogP contribution in [0.5, 0.6) is 5.75 Å². The Morgan fingerprint density at radius 3 is 2.67 bits per heavy atom. The molecule has 0 fully saturated rings. The van der Waals surface area contributed by atoms with Crippen molar-refractivity contribution in [2.75, 3.05) is 7.11 Å². The zero-order valence-corrected chi connectivity index (χ0v) is 12.9. The van der Waals surface area contributed by atoms with Gasteiger partial charge in [0, 0.05) is 5.56 Å². The van der Waals surface area contributed by atoms with Crippen LogP contribution in [-0.2, 0) is 12.0 Å². The minimum Gasteiger partial charge on any atom is -0.496 e. The van der Waals surface area contributed by atoms with Gasteiger partial charge >= 0.3 is 0 Å². The Labute approximate surface area is 126 Å². The van der Waals surface area contributed by atoms with E-state index in [1.165, 1.54) is 5.56 Å². The van der Waals surface area contributed by atoms with E-state index in [9.17, 15) is 5.11 Å². The van der Waals surface area contributed by atoms with Crippen molar-refractivity contribution in [3.63, 3.8) is 0 Å². The van der Waals surface area contributed by atoms with Crippen LogP contribution in [0.2, 0.25) is 0 Å². The number of fused-ring (bicyclic) bond motifs is 1. The smallest absolute Gasteiger partial charge is 0.125 e. The van der Waals surface area contributed by atoms with Crippen molar-refractivity contribution in [1.82, 2.24) is 0 Å². The molecule has 2 aromatic carbocycles. The molecule has 1 unspecified atom stereocenters. The van der Waals surface area contributed by atoms with E-state index in [-0.39, 0.29) is 0 Å². The maximum absolute atomic E-state index is 11.5. The number of benzene rings is 2. The molecule has 0 bridgehead atoms. The summed E-state index contributed by atoms with van der Waals surface area (Å²) < 4.78 is 5.58. The Hall–Kier alpha value is -1.80. The Bertz CT molecular complexity index is 675. The third kappa shape index (κ3) is 2.24. The van der Waals surface area contributed by atoms with Gasteiger partial charge in [-0.3, -0.25) is 0 Å². The molecule has 1 aliphatic rings. The first-order chi connectivity index (χ1) is 10.1. The van der Waals surface area contributed by atoms with E-state index in [0.717, 1.165) is 47.3 Å². The van der Waals surface area contributed by atoms with Gasteiger partial charge in [-0.2, -0.15) is 0 Å². The van der Waals surface area contributed by atoms with Crippen molar-refractivity contribution in [1.29, 1.82) is 0 Å². The van der Waals surface area contributed by atoms with E-state index in [1.54, 1.807) is 7.11 Å². The summed E-state index contributed by atoms with van der Waals surface area (Å²) in [5.41, 5.74) is 4.49. The van der Waals surface area contributed by atoms with Crippen molar-refractivity contribution in [3.8, 4) is 5.75 Å². The first-order valence-corrected chi connectivity index (χ1v) is 7.53. The number of methoxy groups -OCH3 is 1. The molecule has 0 saturated carbocycles. The fourth-order valence-electron chi connectivity index (χ4n) is 3.69. The molecule has 0 spiro atoms. The van der Waals surface area contributed by atoms with Crippen LogP contribution in [0.15, 0.2) is 36.4 Å². The Morgan fingerprint density at radius 1 is 1.14 bits per heavy atom. The number of aliphatic hydroxyl groups is 1. The molecule has 0 aromatic heterocycles. The molecule has 1 N–H and O–H groups in total. The van der Waals surface area contributed by atoms with E-state index >= 15 is 0 Å². The topological polar surface area (TPSA) is 29.5 Å². The van der Waals surface area contributed by atoms with Crippen LogP contribution >= 0.6 is 0 Å². The number of hydrogen-bond donors (Lipinski definition) is 1. The molecule has 3 rings (SSSR count). The summed E-state index contributed by atoms with van der Waals surface area (Å²) in [7, 11) is 1.68. The second-order valence-corrected chi connectivity index (χ2v) is 6.03. The number of aryl methyl sites for hydroxylation is 3. The predicted molar refractivity (Wildman–Crippen MR) is 84.8 cm³/mol. The lowest BCUT2D eigenvalue weighted by molar-refractivity contribution is 0.0583. The Morgan fingerprint density at radius 2 is 1.90 bits per heavy atom. The third-order valence-corrected chi connectivity index (χ3v) is 4.52. The van der Waals surface area contributed by atoms with Crippen LogP contribution in [0.25, 0.3) is 0 Å². The van der Waals surface area contributed by atoms with Crippen LogP contribution in [0.3, 0.4) is 0 Å². The lowest BCUT2D eigenvalue weighted by atomic mass is 9.73. The molecular weight excluding hydrogens is 260 g/mol. The average Bonchev–Trinajstić information content (AvgIpc) is 2.46. The molecule has 0 aliphatic heterocycles. The molecule has 21 heavy (non-hydrogen) atoms. The summed E-state index contributed by atoms with van der Waals surface area (Å²) in [5.74, 6) is 0.784. The Balaban J connectivity index is 2.26. The average molecular weight is 282 g/mol. The largest absolute Gasteiger partial charge is 0.496 e. The minimum atomic E-state index is -0.946. The van der Waals surface area contributed by atoms with Crippen LogP contribution in [0.4, 0.5) is 0 Å². The summed E-state index contributed by atoms with van der Waals surface area (Å²) in [6.07, 6.45) is 2.76. The standard InChI is InChI=1S/C19H22O2/c1-13-11-14(2)18(17(12-13)21-3)19(20)10-6-8-15-7-4-5-9-16(15)19/h4-5,7,9,11-12,20H,6,8,10H2,1-3H3. The van der Waals surface area contributed by atoms with Gasteiger partial charge in [0.25, 0.3) is 0 Å². The van der Waals surface area contributed by atoms with Gasteiger partial charge in [0.05, 0.1) is 7.11 Å². The monoisotopic (exact) mass is 282 g/mol. The first kappa shape index (κ1) is 14.2. The molecule has 110 valence electrons. The quantitative estimate of drug-likeness (QED) is 0.905. The second-order valence-electron chi connectivity index (χ2n) is 6.03. The van der Waals surface area contributed by atoms with Crippen molar-refractivity contribution in [2.45, 2.75) is 38.7 Å². The Kier molecular flexibility index (Phi) is 3.50. The van der Waals surface area contributed by atoms with Gasteiger partial charge in [-0.25, -0.2) is 0 Å². The predicted octanol–water partition coefficient (Wildman–Crippen LogP) is 3.88. The molecule has 0 heterocycles. The summed E-state index contributed by atoms with van der Waals surface area (Å²) in [6.45, 7) is 4.11. The highest BCUT2D eigenvalue weighted by Crippen LogP contribution is 2.45. The zero-order valence-electron chi connectivity index (χ0n) is 12.9. The third-order valence-electron chi connectivity index (χ3n) is 4.52. The summed E-state index contributed by atoms with van der Waals surface area (Å²) >= 11 is 0. The molecule has 2 aromatic rings. The fourth-order valence-corrected chi connectivity index (χ4v) is 3.69. The SMILES string of the molecule is COc1cc(C)cc(C)c1C1(O)CCCc2ccccc21. The number of ether oxygens (including phenoxy) is 1. The summed E-state index contributed by atoms with van der Waals surface area (Å²) in [6, 6.07) is 12.3. The van der Waals surface area contributed by atoms with Crippen LogP contribution in [-0.4, -0.2) is 12.2 Å². The van der Waals surface area contributed by atoms with Gasteiger partial charge < -0.3 is 9.84 Å².